The van der Waals surface area contributed by atoms with Crippen molar-refractivity contribution in [2.45, 2.75) is 38.1 Å². The lowest BCUT2D eigenvalue weighted by atomic mass is 10.1. The third-order valence-electron chi connectivity index (χ3n) is 6.46. The molecular weight excluding hydrogens is 428 g/mol. The van der Waals surface area contributed by atoms with Gasteiger partial charge in [-0.15, -0.1) is 0 Å². The van der Waals surface area contributed by atoms with Gasteiger partial charge in [0.25, 0.3) is 5.91 Å². The van der Waals surface area contributed by atoms with Crippen molar-refractivity contribution >= 4 is 22.9 Å². The Labute approximate surface area is 197 Å². The fraction of sp³-hybridized carbons (Fsp3) is 0.259. The maximum Gasteiger partial charge on any atom is 0.335 e. The summed E-state index contributed by atoms with van der Waals surface area (Å²) in [6.07, 6.45) is 8.68. The summed E-state index contributed by atoms with van der Waals surface area (Å²) in [6.45, 7) is 0.533. The Balaban J connectivity index is 1.45. The summed E-state index contributed by atoms with van der Waals surface area (Å²) in [5.41, 5.74) is 4.35. The molecule has 7 heteroatoms. The Bertz CT molecular complexity index is 1340. The zero-order valence-electron chi connectivity index (χ0n) is 18.8. The summed E-state index contributed by atoms with van der Waals surface area (Å²) in [7, 11) is 0. The average molecular weight is 455 g/mol. The number of aromatic carboxylic acids is 1. The van der Waals surface area contributed by atoms with Gasteiger partial charge in [0.05, 0.1) is 16.6 Å². The molecule has 1 saturated carbocycles. The number of benzene rings is 2. The summed E-state index contributed by atoms with van der Waals surface area (Å²) in [5.74, 6) is -0.326. The number of rotatable bonds is 7. The molecule has 2 N–H and O–H groups in total. The van der Waals surface area contributed by atoms with Crippen molar-refractivity contribution < 1.29 is 14.7 Å². The first-order chi connectivity index (χ1) is 16.6. The first kappa shape index (κ1) is 21.8. The molecule has 2 aromatic carbocycles. The minimum Gasteiger partial charge on any atom is -0.478 e. The van der Waals surface area contributed by atoms with Crippen molar-refractivity contribution in [2.24, 2.45) is 0 Å². The summed E-state index contributed by atoms with van der Waals surface area (Å²) < 4.78 is 2.23. The van der Waals surface area contributed by atoms with E-state index in [4.69, 9.17) is 4.98 Å². The van der Waals surface area contributed by atoms with Gasteiger partial charge in [0.15, 0.2) is 0 Å². The zero-order valence-corrected chi connectivity index (χ0v) is 18.8. The molecule has 0 radical (unpaired) electrons. The van der Waals surface area contributed by atoms with Crippen molar-refractivity contribution in [2.75, 3.05) is 6.54 Å². The van der Waals surface area contributed by atoms with Gasteiger partial charge in [-0.3, -0.25) is 9.78 Å². The van der Waals surface area contributed by atoms with Crippen molar-refractivity contribution in [1.29, 1.82) is 0 Å². The number of nitrogens with zero attached hydrogens (tertiary/aromatic N) is 3. The number of pyridine rings is 1. The lowest BCUT2D eigenvalue weighted by Crippen LogP contribution is -2.25. The van der Waals surface area contributed by atoms with Crippen molar-refractivity contribution in [3.05, 3.63) is 83.7 Å². The van der Waals surface area contributed by atoms with Gasteiger partial charge in [0, 0.05) is 36.1 Å². The van der Waals surface area contributed by atoms with Gasteiger partial charge < -0.3 is 15.0 Å². The quantitative estimate of drug-likeness (QED) is 0.415. The number of hydrogen-bond acceptors (Lipinski definition) is 4. The second kappa shape index (κ2) is 9.47. The maximum absolute atomic E-state index is 12.8. The minimum atomic E-state index is -0.968. The van der Waals surface area contributed by atoms with Crippen molar-refractivity contribution in [3.63, 3.8) is 0 Å². The Hall–Kier alpha value is -4.00. The molecule has 0 spiro atoms. The number of nitrogens with one attached hydrogen (secondary N) is 1. The van der Waals surface area contributed by atoms with E-state index >= 15 is 0 Å². The van der Waals surface area contributed by atoms with Gasteiger partial charge in [0.1, 0.15) is 5.82 Å². The Morgan fingerprint density at radius 1 is 1.00 bits per heavy atom. The highest BCUT2D eigenvalue weighted by Crippen LogP contribution is 2.37. The summed E-state index contributed by atoms with van der Waals surface area (Å²) in [6, 6.07) is 16.8. The molecule has 172 valence electrons. The van der Waals surface area contributed by atoms with E-state index in [0.717, 1.165) is 54.6 Å². The van der Waals surface area contributed by atoms with Gasteiger partial charge >= 0.3 is 5.97 Å². The van der Waals surface area contributed by atoms with E-state index in [1.54, 1.807) is 30.6 Å². The van der Waals surface area contributed by atoms with E-state index in [0.29, 0.717) is 23.7 Å². The van der Waals surface area contributed by atoms with Crippen LogP contribution in [0.2, 0.25) is 0 Å². The largest absolute Gasteiger partial charge is 0.478 e. The number of fused-ring (bicyclic) bond motifs is 1. The molecule has 4 aromatic rings. The first-order valence-electron chi connectivity index (χ1n) is 11.6. The standard InChI is InChI=1S/C27H26N4O3/c32-26(29-15-12-18-10-13-28-14-11-18)20-5-3-4-19(16-20)25-30-23-17-21(27(33)34)8-9-24(23)31(25)22-6-1-2-7-22/h3-5,8-11,13-14,16-17,22H,1-2,6-7,12,15H2,(H,29,32)(H,33,34). The molecule has 1 amide bonds. The molecule has 0 saturated heterocycles. The van der Waals surface area contributed by atoms with Crippen LogP contribution in [0.1, 0.15) is 58.0 Å². The van der Waals surface area contributed by atoms with Crippen LogP contribution in [-0.4, -0.2) is 38.1 Å². The number of carboxylic acids is 1. The molecule has 7 nitrogen and oxygen atoms in total. The molecule has 0 bridgehead atoms. The topological polar surface area (TPSA) is 97.1 Å². The van der Waals surface area contributed by atoms with Crippen molar-refractivity contribution in [3.8, 4) is 11.4 Å². The predicted molar refractivity (Wildman–Crippen MR) is 130 cm³/mol. The number of imidazole rings is 1. The highest BCUT2D eigenvalue weighted by molar-refractivity contribution is 5.96. The van der Waals surface area contributed by atoms with Gasteiger partial charge in [-0.1, -0.05) is 25.0 Å². The second-order valence-electron chi connectivity index (χ2n) is 8.69. The van der Waals surface area contributed by atoms with Crippen LogP contribution in [0.5, 0.6) is 0 Å². The Kier molecular flexibility index (Phi) is 6.08. The molecule has 0 unspecified atom stereocenters. The fourth-order valence-electron chi connectivity index (χ4n) is 4.74. The van der Waals surface area contributed by atoms with Crippen LogP contribution in [0.4, 0.5) is 0 Å². The number of carboxylic acid groups (broad SMARTS) is 1. The summed E-state index contributed by atoms with van der Waals surface area (Å²) in [4.78, 5) is 33.2. The number of hydrogen-bond donors (Lipinski definition) is 2. The van der Waals surface area contributed by atoms with Crippen LogP contribution in [0.3, 0.4) is 0 Å². The molecule has 2 heterocycles. The van der Waals surface area contributed by atoms with Gasteiger partial charge in [-0.2, -0.15) is 0 Å². The van der Waals surface area contributed by atoms with Crippen LogP contribution >= 0.6 is 0 Å². The number of aromatic nitrogens is 3. The molecule has 0 atom stereocenters. The molecule has 34 heavy (non-hydrogen) atoms. The lowest BCUT2D eigenvalue weighted by Gasteiger charge is -2.17. The van der Waals surface area contributed by atoms with Crippen LogP contribution in [-0.2, 0) is 6.42 Å². The molecule has 1 aliphatic rings. The normalized spacial score (nSPS) is 13.9. The highest BCUT2D eigenvalue weighted by Gasteiger charge is 2.24. The van der Waals surface area contributed by atoms with E-state index in [1.807, 2.05) is 36.4 Å². The monoisotopic (exact) mass is 454 g/mol. The number of carbonyl (C=O) groups excluding carboxylic acids is 1. The smallest absolute Gasteiger partial charge is 0.335 e. The minimum absolute atomic E-state index is 0.132. The Morgan fingerprint density at radius 2 is 1.79 bits per heavy atom. The second-order valence-corrected chi connectivity index (χ2v) is 8.69. The van der Waals surface area contributed by atoms with Gasteiger partial charge in [0.2, 0.25) is 0 Å². The maximum atomic E-state index is 12.8. The van der Waals surface area contributed by atoms with Crippen LogP contribution in [0.15, 0.2) is 67.0 Å². The van der Waals surface area contributed by atoms with Crippen LogP contribution in [0, 0.1) is 0 Å². The van der Waals surface area contributed by atoms with E-state index in [9.17, 15) is 14.7 Å². The van der Waals surface area contributed by atoms with Gasteiger partial charge in [-0.25, -0.2) is 9.78 Å². The molecule has 2 aromatic heterocycles. The first-order valence-corrected chi connectivity index (χ1v) is 11.6. The fourth-order valence-corrected chi connectivity index (χ4v) is 4.74. The third kappa shape index (κ3) is 4.41. The van der Waals surface area contributed by atoms with E-state index in [1.165, 1.54) is 0 Å². The summed E-state index contributed by atoms with van der Waals surface area (Å²) >= 11 is 0. The van der Waals surface area contributed by atoms with E-state index < -0.39 is 5.97 Å². The summed E-state index contributed by atoms with van der Waals surface area (Å²) in [5, 5.41) is 12.4. The molecule has 0 aliphatic heterocycles. The van der Waals surface area contributed by atoms with E-state index in [-0.39, 0.29) is 11.5 Å². The van der Waals surface area contributed by atoms with Gasteiger partial charge in [-0.05, 0) is 67.3 Å². The molecule has 5 rings (SSSR count). The third-order valence-corrected chi connectivity index (χ3v) is 6.46. The molecular formula is C27H26N4O3. The molecule has 1 fully saturated rings. The number of amides is 1. The number of carbonyl (C=O) groups is 2. The predicted octanol–water partition coefficient (Wildman–Crippen LogP) is 4.88. The highest BCUT2D eigenvalue weighted by atomic mass is 16.4. The zero-order chi connectivity index (χ0) is 23.5. The van der Waals surface area contributed by atoms with E-state index in [2.05, 4.69) is 14.9 Å². The average Bonchev–Trinajstić information content (AvgIpc) is 3.52. The van der Waals surface area contributed by atoms with Crippen LogP contribution in [0.25, 0.3) is 22.4 Å². The van der Waals surface area contributed by atoms with Crippen LogP contribution < -0.4 is 5.32 Å². The lowest BCUT2D eigenvalue weighted by molar-refractivity contribution is 0.0696. The Morgan fingerprint density at radius 3 is 2.56 bits per heavy atom. The molecule has 1 aliphatic carbocycles. The van der Waals surface area contributed by atoms with Crippen molar-refractivity contribution in [1.82, 2.24) is 19.9 Å². The SMILES string of the molecule is O=C(O)c1ccc2c(c1)nc(-c1cccc(C(=O)NCCc3ccncc3)c1)n2C1CCCC1.